The van der Waals surface area contributed by atoms with E-state index >= 15 is 0 Å². The smallest absolute Gasteiger partial charge is 0.333 e. The third-order valence-corrected chi connectivity index (χ3v) is 1.32. The van der Waals surface area contributed by atoms with E-state index in [2.05, 4.69) is 11.6 Å². The molecule has 0 saturated heterocycles. The number of hydrogen-bond donors (Lipinski definition) is 0. The van der Waals surface area contributed by atoms with Crippen LogP contribution in [0.3, 0.4) is 0 Å². The SMILES string of the molecule is C=C(C)C(=O)OCC1=NCCO1. The monoisotopic (exact) mass is 169 g/mol. The molecular weight excluding hydrogens is 158 g/mol. The Morgan fingerprint density at radius 3 is 3.08 bits per heavy atom. The van der Waals surface area contributed by atoms with Gasteiger partial charge in [-0.3, -0.25) is 0 Å². The van der Waals surface area contributed by atoms with Gasteiger partial charge in [-0.25, -0.2) is 9.79 Å². The summed E-state index contributed by atoms with van der Waals surface area (Å²) in [5, 5.41) is 0. The van der Waals surface area contributed by atoms with Gasteiger partial charge >= 0.3 is 5.97 Å². The van der Waals surface area contributed by atoms with Gasteiger partial charge in [-0.2, -0.15) is 0 Å². The normalized spacial score (nSPS) is 14.9. The highest BCUT2D eigenvalue weighted by Gasteiger charge is 2.10. The highest BCUT2D eigenvalue weighted by Crippen LogP contribution is 1.97. The fourth-order valence-corrected chi connectivity index (χ4v) is 0.717. The minimum Gasteiger partial charge on any atom is -0.477 e. The van der Waals surface area contributed by atoms with Crippen molar-refractivity contribution in [1.82, 2.24) is 0 Å². The molecule has 0 aliphatic carbocycles. The molecule has 0 unspecified atom stereocenters. The Hall–Kier alpha value is -1.32. The van der Waals surface area contributed by atoms with Gasteiger partial charge in [0.25, 0.3) is 0 Å². The van der Waals surface area contributed by atoms with Crippen LogP contribution in [0, 0.1) is 0 Å². The molecule has 0 aromatic carbocycles. The number of nitrogens with zero attached hydrogens (tertiary/aromatic N) is 1. The van der Waals surface area contributed by atoms with Crippen LogP contribution in [0.5, 0.6) is 0 Å². The number of hydrogen-bond acceptors (Lipinski definition) is 4. The van der Waals surface area contributed by atoms with Crippen molar-refractivity contribution in [2.24, 2.45) is 4.99 Å². The molecule has 1 aliphatic rings. The van der Waals surface area contributed by atoms with Gasteiger partial charge in [0.15, 0.2) is 6.61 Å². The summed E-state index contributed by atoms with van der Waals surface area (Å²) in [4.78, 5) is 14.8. The van der Waals surface area contributed by atoms with Gasteiger partial charge < -0.3 is 9.47 Å². The molecule has 1 rings (SSSR count). The molecule has 0 spiro atoms. The summed E-state index contributed by atoms with van der Waals surface area (Å²) < 4.78 is 9.82. The van der Waals surface area contributed by atoms with Crippen LogP contribution in [-0.2, 0) is 14.3 Å². The standard InChI is InChI=1S/C8H11NO3/c1-6(2)8(10)12-5-7-9-3-4-11-7/h1,3-5H2,2H3. The average Bonchev–Trinajstić information content (AvgIpc) is 2.51. The van der Waals surface area contributed by atoms with E-state index in [9.17, 15) is 4.79 Å². The Morgan fingerprint density at radius 1 is 1.83 bits per heavy atom. The Labute approximate surface area is 70.9 Å². The van der Waals surface area contributed by atoms with E-state index < -0.39 is 5.97 Å². The van der Waals surface area contributed by atoms with Crippen LogP contribution in [0.15, 0.2) is 17.1 Å². The predicted octanol–water partition coefficient (Wildman–Crippen LogP) is 0.534. The molecule has 0 radical (unpaired) electrons. The lowest BCUT2D eigenvalue weighted by atomic mass is 10.4. The van der Waals surface area contributed by atoms with E-state index in [0.717, 1.165) is 0 Å². The molecule has 1 heterocycles. The van der Waals surface area contributed by atoms with Crippen molar-refractivity contribution in [2.75, 3.05) is 19.8 Å². The summed E-state index contributed by atoms with van der Waals surface area (Å²) in [6.07, 6.45) is 0. The van der Waals surface area contributed by atoms with Crippen LogP contribution in [0.2, 0.25) is 0 Å². The van der Waals surface area contributed by atoms with Gasteiger partial charge in [-0.1, -0.05) is 6.58 Å². The van der Waals surface area contributed by atoms with Gasteiger partial charge in [-0.05, 0) is 6.92 Å². The maximum absolute atomic E-state index is 10.9. The molecule has 4 heteroatoms. The van der Waals surface area contributed by atoms with E-state index in [1.54, 1.807) is 6.92 Å². The number of carbonyl (C=O) groups is 1. The van der Waals surface area contributed by atoms with Crippen LogP contribution >= 0.6 is 0 Å². The van der Waals surface area contributed by atoms with Gasteiger partial charge in [0.05, 0.1) is 6.54 Å². The first-order chi connectivity index (χ1) is 5.70. The molecule has 4 nitrogen and oxygen atoms in total. The van der Waals surface area contributed by atoms with Crippen LogP contribution < -0.4 is 0 Å². The quantitative estimate of drug-likeness (QED) is 0.457. The first-order valence-corrected chi connectivity index (χ1v) is 3.69. The molecule has 0 atom stereocenters. The van der Waals surface area contributed by atoms with Gasteiger partial charge in [-0.15, -0.1) is 0 Å². The lowest BCUT2D eigenvalue weighted by Gasteiger charge is -2.03. The Bertz CT molecular complexity index is 230. The zero-order chi connectivity index (χ0) is 8.97. The largest absolute Gasteiger partial charge is 0.477 e. The van der Waals surface area contributed by atoms with E-state index in [1.165, 1.54) is 0 Å². The molecular formula is C8H11NO3. The highest BCUT2D eigenvalue weighted by atomic mass is 16.6. The molecule has 0 fully saturated rings. The molecule has 0 bridgehead atoms. The second-order valence-electron chi connectivity index (χ2n) is 2.48. The second kappa shape index (κ2) is 3.90. The predicted molar refractivity (Wildman–Crippen MR) is 44.0 cm³/mol. The Balaban J connectivity index is 2.25. The number of aliphatic imine (C=N–C) groups is 1. The van der Waals surface area contributed by atoms with Gasteiger partial charge in [0, 0.05) is 5.57 Å². The molecule has 0 aromatic rings. The summed E-state index contributed by atoms with van der Waals surface area (Å²) in [5.74, 6) is 0.0813. The number of carbonyl (C=O) groups excluding carboxylic acids is 1. The topological polar surface area (TPSA) is 47.9 Å². The molecule has 0 saturated carbocycles. The highest BCUT2D eigenvalue weighted by molar-refractivity contribution is 5.89. The van der Waals surface area contributed by atoms with E-state index in [1.807, 2.05) is 0 Å². The van der Waals surface area contributed by atoms with E-state index in [-0.39, 0.29) is 6.61 Å². The van der Waals surface area contributed by atoms with Crippen LogP contribution in [0.1, 0.15) is 6.92 Å². The van der Waals surface area contributed by atoms with Crippen molar-refractivity contribution in [3.8, 4) is 0 Å². The van der Waals surface area contributed by atoms with Crippen molar-refractivity contribution >= 4 is 11.9 Å². The van der Waals surface area contributed by atoms with Crippen molar-refractivity contribution in [2.45, 2.75) is 6.92 Å². The lowest BCUT2D eigenvalue weighted by molar-refractivity contribution is -0.137. The minimum atomic E-state index is -0.409. The van der Waals surface area contributed by atoms with Crippen LogP contribution in [0.25, 0.3) is 0 Å². The second-order valence-corrected chi connectivity index (χ2v) is 2.48. The van der Waals surface area contributed by atoms with Crippen LogP contribution in [0.4, 0.5) is 0 Å². The van der Waals surface area contributed by atoms with E-state index in [0.29, 0.717) is 24.6 Å². The first kappa shape index (κ1) is 8.77. The zero-order valence-electron chi connectivity index (χ0n) is 7.00. The Kier molecular flexibility index (Phi) is 2.85. The summed E-state index contributed by atoms with van der Waals surface area (Å²) in [7, 11) is 0. The summed E-state index contributed by atoms with van der Waals surface area (Å²) in [5.41, 5.74) is 0.383. The third-order valence-electron chi connectivity index (χ3n) is 1.32. The first-order valence-electron chi connectivity index (χ1n) is 3.69. The van der Waals surface area contributed by atoms with E-state index in [4.69, 9.17) is 9.47 Å². The fraction of sp³-hybridized carbons (Fsp3) is 0.500. The van der Waals surface area contributed by atoms with Crippen molar-refractivity contribution in [1.29, 1.82) is 0 Å². The van der Waals surface area contributed by atoms with Gasteiger partial charge in [0.2, 0.25) is 5.90 Å². The van der Waals surface area contributed by atoms with Crippen molar-refractivity contribution in [3.05, 3.63) is 12.2 Å². The molecule has 66 valence electrons. The lowest BCUT2D eigenvalue weighted by Crippen LogP contribution is -2.14. The maximum atomic E-state index is 10.9. The molecule has 0 aromatic heterocycles. The third kappa shape index (κ3) is 2.38. The molecule has 0 N–H and O–H groups in total. The molecule has 0 amide bonds. The minimum absolute atomic E-state index is 0.117. The maximum Gasteiger partial charge on any atom is 0.333 e. The summed E-state index contributed by atoms with van der Waals surface area (Å²) in [6, 6.07) is 0. The van der Waals surface area contributed by atoms with Crippen molar-refractivity contribution < 1.29 is 14.3 Å². The zero-order valence-corrected chi connectivity index (χ0v) is 7.00. The average molecular weight is 169 g/mol. The Morgan fingerprint density at radius 2 is 2.58 bits per heavy atom. The fourth-order valence-electron chi connectivity index (χ4n) is 0.717. The van der Waals surface area contributed by atoms with Crippen molar-refractivity contribution in [3.63, 3.8) is 0 Å². The van der Waals surface area contributed by atoms with Crippen LogP contribution in [-0.4, -0.2) is 31.6 Å². The summed E-state index contributed by atoms with van der Waals surface area (Å²) >= 11 is 0. The van der Waals surface area contributed by atoms with Gasteiger partial charge in [0.1, 0.15) is 6.61 Å². The number of esters is 1. The molecule has 12 heavy (non-hydrogen) atoms. The summed E-state index contributed by atoms with van der Waals surface area (Å²) in [6.45, 7) is 6.39. The number of ether oxygens (including phenoxy) is 2. The number of rotatable bonds is 3. The molecule has 1 aliphatic heterocycles.